The third kappa shape index (κ3) is 1.72. The Morgan fingerprint density at radius 1 is 1.28 bits per heavy atom. The van der Waals surface area contributed by atoms with Gasteiger partial charge in [-0.3, -0.25) is 4.40 Å². The third-order valence-corrected chi connectivity index (χ3v) is 3.56. The summed E-state index contributed by atoms with van der Waals surface area (Å²) in [5.74, 6) is -0.931. The van der Waals surface area contributed by atoms with Crippen LogP contribution >= 0.6 is 11.3 Å². The number of carbonyl (C=O) groups is 1. The fraction of sp³-hybridized carbons (Fsp3) is 0. The molecule has 5 nitrogen and oxygen atoms in total. The van der Waals surface area contributed by atoms with Gasteiger partial charge in [-0.25, -0.2) is 9.78 Å². The maximum atomic E-state index is 10.8. The van der Waals surface area contributed by atoms with Crippen molar-refractivity contribution in [2.75, 3.05) is 5.73 Å². The zero-order valence-electron chi connectivity index (χ0n) is 9.20. The number of fused-ring (bicyclic) bond motifs is 1. The molecule has 3 rings (SSSR count). The fourth-order valence-electron chi connectivity index (χ4n) is 1.69. The molecule has 0 saturated carbocycles. The van der Waals surface area contributed by atoms with E-state index in [2.05, 4.69) is 4.98 Å². The number of anilines is 1. The zero-order chi connectivity index (χ0) is 12.7. The van der Waals surface area contributed by atoms with Crippen molar-refractivity contribution in [3.8, 4) is 11.3 Å². The van der Waals surface area contributed by atoms with E-state index in [1.807, 2.05) is 30.5 Å². The summed E-state index contributed by atoms with van der Waals surface area (Å²) in [7, 11) is 0. The van der Waals surface area contributed by atoms with Gasteiger partial charge in [0, 0.05) is 23.6 Å². The maximum absolute atomic E-state index is 10.8. The van der Waals surface area contributed by atoms with Crippen molar-refractivity contribution >= 4 is 28.0 Å². The average molecular weight is 259 g/mol. The predicted molar refractivity (Wildman–Crippen MR) is 69.9 cm³/mol. The van der Waals surface area contributed by atoms with Gasteiger partial charge >= 0.3 is 5.97 Å². The van der Waals surface area contributed by atoms with E-state index < -0.39 is 5.97 Å². The molecule has 1 aromatic carbocycles. The molecule has 0 aliphatic rings. The molecule has 0 aliphatic heterocycles. The molecule has 0 spiro atoms. The quantitative estimate of drug-likeness (QED) is 0.692. The summed E-state index contributed by atoms with van der Waals surface area (Å²) in [6.45, 7) is 0. The van der Waals surface area contributed by atoms with Crippen molar-refractivity contribution in [1.82, 2.24) is 9.38 Å². The molecular formula is C12H9N3O2S. The van der Waals surface area contributed by atoms with Gasteiger partial charge in [0.2, 0.25) is 0 Å². The monoisotopic (exact) mass is 259 g/mol. The Morgan fingerprint density at radius 3 is 2.61 bits per heavy atom. The molecule has 18 heavy (non-hydrogen) atoms. The molecule has 0 unspecified atom stereocenters. The van der Waals surface area contributed by atoms with E-state index in [0.29, 0.717) is 10.6 Å². The normalized spacial score (nSPS) is 10.9. The van der Waals surface area contributed by atoms with Crippen LogP contribution in [0.5, 0.6) is 0 Å². The Hall–Kier alpha value is -2.34. The third-order valence-electron chi connectivity index (χ3n) is 2.57. The van der Waals surface area contributed by atoms with E-state index in [0.717, 1.165) is 22.6 Å². The molecule has 0 aliphatic carbocycles. The molecule has 0 atom stereocenters. The largest absolute Gasteiger partial charge is 0.477 e. The Balaban J connectivity index is 2.06. The topological polar surface area (TPSA) is 80.6 Å². The smallest absolute Gasteiger partial charge is 0.347 e. The summed E-state index contributed by atoms with van der Waals surface area (Å²) in [6.07, 6.45) is 3.37. The molecule has 0 saturated heterocycles. The molecule has 90 valence electrons. The lowest BCUT2D eigenvalue weighted by Crippen LogP contribution is -1.90. The van der Waals surface area contributed by atoms with Crippen LogP contribution in [0.4, 0.5) is 5.69 Å². The number of carboxylic acids is 1. The molecule has 3 aromatic rings. The number of aromatic carboxylic acids is 1. The first kappa shape index (κ1) is 10.8. The lowest BCUT2D eigenvalue weighted by molar-refractivity contribution is 0.0702. The highest BCUT2D eigenvalue weighted by Crippen LogP contribution is 2.24. The number of nitrogens with two attached hydrogens (primary N) is 1. The Labute approximate surface area is 106 Å². The van der Waals surface area contributed by atoms with E-state index in [4.69, 9.17) is 10.8 Å². The molecule has 6 heteroatoms. The highest BCUT2D eigenvalue weighted by Gasteiger charge is 2.11. The van der Waals surface area contributed by atoms with Crippen molar-refractivity contribution in [2.24, 2.45) is 0 Å². The van der Waals surface area contributed by atoms with E-state index in [9.17, 15) is 4.79 Å². The van der Waals surface area contributed by atoms with Crippen LogP contribution in [0, 0.1) is 0 Å². The second-order valence-corrected chi connectivity index (χ2v) is 4.85. The van der Waals surface area contributed by atoms with E-state index in [1.54, 1.807) is 10.6 Å². The van der Waals surface area contributed by atoms with Crippen LogP contribution in [0.3, 0.4) is 0 Å². The van der Waals surface area contributed by atoms with E-state index in [-0.39, 0.29) is 4.88 Å². The highest BCUT2D eigenvalue weighted by molar-refractivity contribution is 7.18. The summed E-state index contributed by atoms with van der Waals surface area (Å²) in [4.78, 5) is 16.2. The lowest BCUT2D eigenvalue weighted by atomic mass is 10.1. The minimum atomic E-state index is -0.931. The van der Waals surface area contributed by atoms with Gasteiger partial charge in [-0.15, -0.1) is 0 Å². The first-order valence-corrected chi connectivity index (χ1v) is 6.03. The van der Waals surface area contributed by atoms with Crippen LogP contribution in [-0.2, 0) is 0 Å². The predicted octanol–water partition coefficient (Wildman–Crippen LogP) is 2.34. The van der Waals surface area contributed by atoms with Gasteiger partial charge in [0.05, 0.1) is 5.69 Å². The van der Waals surface area contributed by atoms with E-state index in [1.165, 1.54) is 0 Å². The summed E-state index contributed by atoms with van der Waals surface area (Å²) in [5.41, 5.74) is 8.09. The molecule has 0 bridgehead atoms. The number of nitrogens with zero attached hydrogens (tertiary/aromatic N) is 2. The Kier molecular flexibility index (Phi) is 2.31. The number of imidazole rings is 1. The van der Waals surface area contributed by atoms with Gasteiger partial charge in [0.1, 0.15) is 4.88 Å². The van der Waals surface area contributed by atoms with Gasteiger partial charge in [-0.05, 0) is 12.1 Å². The number of hydrogen-bond donors (Lipinski definition) is 2. The Bertz CT molecular complexity index is 696. The number of thiazole rings is 1. The maximum Gasteiger partial charge on any atom is 0.347 e. The fourth-order valence-corrected chi connectivity index (χ4v) is 2.49. The van der Waals surface area contributed by atoms with Gasteiger partial charge in [-0.2, -0.15) is 0 Å². The molecule has 0 fully saturated rings. The summed E-state index contributed by atoms with van der Waals surface area (Å²) in [5, 5.41) is 8.88. The van der Waals surface area contributed by atoms with Crippen molar-refractivity contribution in [1.29, 1.82) is 0 Å². The van der Waals surface area contributed by atoms with Crippen LogP contribution in [0.25, 0.3) is 16.2 Å². The second-order valence-electron chi connectivity index (χ2n) is 3.84. The second kappa shape index (κ2) is 3.85. The number of nitrogen functional groups attached to an aromatic ring is 1. The molecule has 0 amide bonds. The van der Waals surface area contributed by atoms with Crippen molar-refractivity contribution in [3.63, 3.8) is 0 Å². The van der Waals surface area contributed by atoms with E-state index >= 15 is 0 Å². The minimum absolute atomic E-state index is 0.279. The molecule has 2 aromatic heterocycles. The van der Waals surface area contributed by atoms with Gasteiger partial charge < -0.3 is 10.8 Å². The number of carboxylic acid groups (broad SMARTS) is 1. The Morgan fingerprint density at radius 2 is 2.00 bits per heavy atom. The first-order chi connectivity index (χ1) is 8.63. The lowest BCUT2D eigenvalue weighted by Gasteiger charge is -1.96. The van der Waals surface area contributed by atoms with Crippen molar-refractivity contribution in [3.05, 3.63) is 41.5 Å². The standard InChI is InChI=1S/C12H9N3O2S/c13-8-3-1-7(2-4-8)9-5-15-6-10(11(16)17)18-12(15)14-9/h1-6H,13H2,(H,16,17). The van der Waals surface area contributed by atoms with Crippen LogP contribution in [-0.4, -0.2) is 20.5 Å². The summed E-state index contributed by atoms with van der Waals surface area (Å²) >= 11 is 1.15. The first-order valence-electron chi connectivity index (χ1n) is 5.21. The molecular weight excluding hydrogens is 250 g/mol. The van der Waals surface area contributed by atoms with Crippen LogP contribution < -0.4 is 5.73 Å². The van der Waals surface area contributed by atoms with Crippen molar-refractivity contribution in [2.45, 2.75) is 0 Å². The van der Waals surface area contributed by atoms with Gasteiger partial charge in [0.15, 0.2) is 4.96 Å². The van der Waals surface area contributed by atoms with Crippen LogP contribution in [0.15, 0.2) is 36.7 Å². The van der Waals surface area contributed by atoms with Gasteiger partial charge in [0.25, 0.3) is 0 Å². The van der Waals surface area contributed by atoms with Crippen molar-refractivity contribution < 1.29 is 9.90 Å². The average Bonchev–Trinajstić information content (AvgIpc) is 2.87. The van der Waals surface area contributed by atoms with Crippen LogP contribution in [0.2, 0.25) is 0 Å². The number of benzene rings is 1. The number of hydrogen-bond acceptors (Lipinski definition) is 4. The zero-order valence-corrected chi connectivity index (χ0v) is 10.0. The minimum Gasteiger partial charge on any atom is -0.477 e. The summed E-state index contributed by atoms with van der Waals surface area (Å²) in [6, 6.07) is 7.40. The summed E-state index contributed by atoms with van der Waals surface area (Å²) < 4.78 is 1.72. The SMILES string of the molecule is Nc1ccc(-c2cn3cc(C(=O)O)sc3n2)cc1. The highest BCUT2D eigenvalue weighted by atomic mass is 32.1. The van der Waals surface area contributed by atoms with Crippen LogP contribution in [0.1, 0.15) is 9.67 Å². The molecule has 0 radical (unpaired) electrons. The molecule has 2 heterocycles. The number of aromatic nitrogens is 2. The molecule has 3 N–H and O–H groups in total. The number of rotatable bonds is 2. The van der Waals surface area contributed by atoms with Gasteiger partial charge in [-0.1, -0.05) is 23.5 Å².